The van der Waals surface area contributed by atoms with Crippen LogP contribution in [0, 0.1) is 5.82 Å². The lowest BCUT2D eigenvalue weighted by atomic mass is 9.80. The average molecular weight is 533 g/mol. The Balaban J connectivity index is 0.00000320. The molecule has 3 rings (SSSR count). The zero-order chi connectivity index (χ0) is 20.5. The first-order valence-electron chi connectivity index (χ1n) is 10.4. The number of carbonyl (C=O) groups excluding carboxylic acids is 1. The van der Waals surface area contributed by atoms with Gasteiger partial charge in [0.15, 0.2) is 5.96 Å². The van der Waals surface area contributed by atoms with Crippen molar-refractivity contribution in [3.8, 4) is 0 Å². The molecule has 0 atom stereocenters. The maximum absolute atomic E-state index is 13.2. The Morgan fingerprint density at radius 3 is 2.60 bits per heavy atom. The molecule has 1 saturated carbocycles. The standard InChI is InChI=1S/C21H32FN5O2.HI/c1-23-20(24-15-19(28)26-18-7-5-6-17(22)14-18)25-16-21(8-3-2-4-9-21)27-10-12-29-13-11-27;/h5-7,14H,2-4,8-13,15-16H2,1H3,(H,26,28)(H2,23,24,25);1H. The Kier molecular flexibility index (Phi) is 10.3. The molecule has 2 aliphatic rings. The van der Waals surface area contributed by atoms with Crippen molar-refractivity contribution < 1.29 is 13.9 Å². The Bertz CT molecular complexity index is 706. The van der Waals surface area contributed by atoms with Gasteiger partial charge in [-0.25, -0.2) is 4.39 Å². The maximum atomic E-state index is 13.2. The van der Waals surface area contributed by atoms with Gasteiger partial charge in [0.2, 0.25) is 5.91 Å². The second-order valence-corrected chi connectivity index (χ2v) is 7.72. The molecular formula is C21H33FIN5O2. The molecule has 30 heavy (non-hydrogen) atoms. The van der Waals surface area contributed by atoms with E-state index in [0.29, 0.717) is 11.6 Å². The van der Waals surface area contributed by atoms with Gasteiger partial charge in [-0.1, -0.05) is 25.3 Å². The van der Waals surface area contributed by atoms with Crippen LogP contribution in [0.5, 0.6) is 0 Å². The van der Waals surface area contributed by atoms with E-state index in [2.05, 4.69) is 25.8 Å². The lowest BCUT2D eigenvalue weighted by Crippen LogP contribution is -2.60. The number of nitrogens with one attached hydrogen (secondary N) is 3. The first-order chi connectivity index (χ1) is 14.1. The predicted molar refractivity (Wildman–Crippen MR) is 128 cm³/mol. The molecule has 1 aromatic carbocycles. The van der Waals surface area contributed by atoms with Gasteiger partial charge in [0.1, 0.15) is 5.82 Å². The minimum absolute atomic E-state index is 0. The summed E-state index contributed by atoms with van der Waals surface area (Å²) in [6.07, 6.45) is 6.09. The number of anilines is 1. The highest BCUT2D eigenvalue weighted by Gasteiger charge is 2.38. The quantitative estimate of drug-likeness (QED) is 0.298. The number of amides is 1. The summed E-state index contributed by atoms with van der Waals surface area (Å²) in [6, 6.07) is 5.85. The van der Waals surface area contributed by atoms with E-state index in [4.69, 9.17) is 4.74 Å². The van der Waals surface area contributed by atoms with Crippen molar-refractivity contribution in [2.75, 3.05) is 51.8 Å². The van der Waals surface area contributed by atoms with Gasteiger partial charge in [0, 0.05) is 37.9 Å². The summed E-state index contributed by atoms with van der Waals surface area (Å²) in [5.74, 6) is -0.0363. The molecule has 9 heteroatoms. The molecule has 7 nitrogen and oxygen atoms in total. The van der Waals surface area contributed by atoms with Gasteiger partial charge in [-0.3, -0.25) is 14.7 Å². The van der Waals surface area contributed by atoms with Crippen LogP contribution in [0.3, 0.4) is 0 Å². The fourth-order valence-corrected chi connectivity index (χ4v) is 4.26. The third-order valence-corrected chi connectivity index (χ3v) is 5.80. The van der Waals surface area contributed by atoms with E-state index in [1.165, 1.54) is 31.4 Å². The van der Waals surface area contributed by atoms with E-state index < -0.39 is 0 Å². The maximum Gasteiger partial charge on any atom is 0.243 e. The molecule has 1 aliphatic carbocycles. The number of carbonyl (C=O) groups is 1. The number of morpholine rings is 1. The van der Waals surface area contributed by atoms with Gasteiger partial charge in [0.05, 0.1) is 19.8 Å². The molecular weight excluding hydrogens is 500 g/mol. The topological polar surface area (TPSA) is 78.0 Å². The highest BCUT2D eigenvalue weighted by Crippen LogP contribution is 2.33. The van der Waals surface area contributed by atoms with Crippen LogP contribution in [0.4, 0.5) is 10.1 Å². The van der Waals surface area contributed by atoms with Crippen molar-refractivity contribution in [2.24, 2.45) is 4.99 Å². The van der Waals surface area contributed by atoms with Crippen LogP contribution in [0.25, 0.3) is 0 Å². The number of halogens is 2. The summed E-state index contributed by atoms with van der Waals surface area (Å²) >= 11 is 0. The molecule has 1 heterocycles. The van der Waals surface area contributed by atoms with Gasteiger partial charge < -0.3 is 20.7 Å². The molecule has 3 N–H and O–H groups in total. The monoisotopic (exact) mass is 533 g/mol. The SMILES string of the molecule is CN=C(NCC(=O)Nc1cccc(F)c1)NCC1(N2CCOCC2)CCCCC1.I. The number of nitrogens with zero attached hydrogens (tertiary/aromatic N) is 2. The molecule has 1 aromatic rings. The van der Waals surface area contributed by atoms with Crippen LogP contribution in [-0.2, 0) is 9.53 Å². The molecule has 168 valence electrons. The van der Waals surface area contributed by atoms with E-state index in [-0.39, 0.29) is 47.8 Å². The number of benzene rings is 1. The van der Waals surface area contributed by atoms with Gasteiger partial charge in [-0.05, 0) is 31.0 Å². The van der Waals surface area contributed by atoms with Gasteiger partial charge >= 0.3 is 0 Å². The Hall–Kier alpha value is -1.46. The number of hydrogen-bond donors (Lipinski definition) is 3. The van der Waals surface area contributed by atoms with E-state index >= 15 is 0 Å². The summed E-state index contributed by atoms with van der Waals surface area (Å²) in [7, 11) is 1.70. The lowest BCUT2D eigenvalue weighted by Gasteiger charge is -2.48. The third kappa shape index (κ3) is 7.05. The summed E-state index contributed by atoms with van der Waals surface area (Å²) in [5.41, 5.74) is 0.553. The molecule has 1 amide bonds. The zero-order valence-corrected chi connectivity index (χ0v) is 19.9. The Labute approximate surface area is 195 Å². The Morgan fingerprint density at radius 1 is 1.20 bits per heavy atom. The Morgan fingerprint density at radius 2 is 1.93 bits per heavy atom. The van der Waals surface area contributed by atoms with E-state index in [9.17, 15) is 9.18 Å². The second-order valence-electron chi connectivity index (χ2n) is 7.72. The molecule has 0 spiro atoms. The average Bonchev–Trinajstić information content (AvgIpc) is 2.75. The highest BCUT2D eigenvalue weighted by atomic mass is 127. The van der Waals surface area contributed by atoms with E-state index in [0.717, 1.165) is 45.7 Å². The van der Waals surface area contributed by atoms with E-state index in [1.54, 1.807) is 19.2 Å². The number of rotatable bonds is 6. The number of ether oxygens (including phenoxy) is 1. The summed E-state index contributed by atoms with van der Waals surface area (Å²) in [6.45, 7) is 4.34. The van der Waals surface area contributed by atoms with Gasteiger partial charge in [-0.2, -0.15) is 0 Å². The second kappa shape index (κ2) is 12.4. The van der Waals surface area contributed by atoms with Crippen molar-refractivity contribution in [1.29, 1.82) is 0 Å². The first kappa shape index (κ1) is 24.8. The van der Waals surface area contributed by atoms with Gasteiger partial charge in [-0.15, -0.1) is 24.0 Å². The molecule has 1 saturated heterocycles. The van der Waals surface area contributed by atoms with Gasteiger partial charge in [0.25, 0.3) is 0 Å². The summed E-state index contributed by atoms with van der Waals surface area (Å²) < 4.78 is 18.8. The van der Waals surface area contributed by atoms with Crippen LogP contribution < -0.4 is 16.0 Å². The normalized spacial score (nSPS) is 19.5. The molecule has 1 aliphatic heterocycles. The smallest absolute Gasteiger partial charge is 0.243 e. The number of hydrogen-bond acceptors (Lipinski definition) is 4. The lowest BCUT2D eigenvalue weighted by molar-refractivity contribution is -0.115. The molecule has 2 fully saturated rings. The number of guanidine groups is 1. The van der Waals surface area contributed by atoms with Crippen molar-refractivity contribution >= 4 is 41.5 Å². The summed E-state index contributed by atoms with van der Waals surface area (Å²) in [5, 5.41) is 9.16. The van der Waals surface area contributed by atoms with Crippen LogP contribution >= 0.6 is 24.0 Å². The van der Waals surface area contributed by atoms with Crippen molar-refractivity contribution in [3.05, 3.63) is 30.1 Å². The van der Waals surface area contributed by atoms with Crippen molar-refractivity contribution in [2.45, 2.75) is 37.6 Å². The fourth-order valence-electron chi connectivity index (χ4n) is 4.26. The third-order valence-electron chi connectivity index (χ3n) is 5.80. The zero-order valence-electron chi connectivity index (χ0n) is 17.6. The van der Waals surface area contributed by atoms with Crippen molar-refractivity contribution in [1.82, 2.24) is 15.5 Å². The first-order valence-corrected chi connectivity index (χ1v) is 10.4. The minimum atomic E-state index is -0.380. The number of aliphatic imine (C=N–C) groups is 1. The van der Waals surface area contributed by atoms with Crippen LogP contribution in [0.1, 0.15) is 32.1 Å². The van der Waals surface area contributed by atoms with E-state index in [1.807, 2.05) is 0 Å². The molecule has 0 bridgehead atoms. The molecule has 0 aromatic heterocycles. The van der Waals surface area contributed by atoms with Crippen molar-refractivity contribution in [3.63, 3.8) is 0 Å². The minimum Gasteiger partial charge on any atom is -0.379 e. The van der Waals surface area contributed by atoms with Crippen LogP contribution in [-0.4, -0.2) is 68.7 Å². The van der Waals surface area contributed by atoms with Crippen LogP contribution in [0.15, 0.2) is 29.3 Å². The largest absolute Gasteiger partial charge is 0.379 e. The van der Waals surface area contributed by atoms with Crippen LogP contribution in [0.2, 0.25) is 0 Å². The highest BCUT2D eigenvalue weighted by molar-refractivity contribution is 14.0. The molecule has 0 unspecified atom stereocenters. The predicted octanol–water partition coefficient (Wildman–Crippen LogP) is 2.58. The summed E-state index contributed by atoms with van der Waals surface area (Å²) in [4.78, 5) is 19.0. The fraction of sp³-hybridized carbons (Fsp3) is 0.619. The molecule has 0 radical (unpaired) electrons.